The summed E-state index contributed by atoms with van der Waals surface area (Å²) < 4.78 is 11.1. The van der Waals surface area contributed by atoms with E-state index in [1.165, 1.54) is 0 Å². The van der Waals surface area contributed by atoms with Gasteiger partial charge in [0.1, 0.15) is 11.2 Å². The average Bonchev–Trinajstić information content (AvgIpc) is 2.56. The molecular weight excluding hydrogens is 372 g/mol. The third kappa shape index (κ3) is 15.0. The average molecular weight is 417 g/mol. The van der Waals surface area contributed by atoms with Crippen LogP contribution in [0.25, 0.3) is 0 Å². The lowest BCUT2D eigenvalue weighted by Gasteiger charge is -2.30. The molecule has 0 radical (unpaired) electrons. The highest BCUT2D eigenvalue weighted by atomic mass is 16.6. The Kier molecular flexibility index (Phi) is 12.9. The van der Waals surface area contributed by atoms with Gasteiger partial charge >= 0.3 is 12.2 Å². The fraction of sp³-hybridized carbons (Fsp3) is 0.905. The summed E-state index contributed by atoms with van der Waals surface area (Å²) in [6, 6.07) is 0. The van der Waals surface area contributed by atoms with Gasteiger partial charge in [-0.2, -0.15) is 0 Å². The van der Waals surface area contributed by atoms with E-state index in [9.17, 15) is 9.59 Å². The third-order valence-electron chi connectivity index (χ3n) is 3.90. The molecule has 0 heterocycles. The van der Waals surface area contributed by atoms with Crippen LogP contribution < -0.4 is 11.1 Å². The summed E-state index contributed by atoms with van der Waals surface area (Å²) in [6.07, 6.45) is 2.53. The molecule has 8 nitrogen and oxygen atoms in total. The fourth-order valence-electron chi connectivity index (χ4n) is 2.59. The maximum atomic E-state index is 12.5. The van der Waals surface area contributed by atoms with E-state index in [-0.39, 0.29) is 12.2 Å². The lowest BCUT2D eigenvalue weighted by atomic mass is 10.2. The minimum absolute atomic E-state index is 0.319. The van der Waals surface area contributed by atoms with Crippen molar-refractivity contribution in [1.82, 2.24) is 15.1 Å². The standard InChI is InChI=1S/C21H44N4O4/c1-20(2,3)28-18(26)24(14-9-8-12-22)16-11-17-25(15-10-13-23-7)19(27)29-21(4,5)6/h23H,8-17,22H2,1-7H3. The molecule has 0 fully saturated rings. The molecule has 0 rings (SSSR count). The van der Waals surface area contributed by atoms with E-state index in [1.54, 1.807) is 9.80 Å². The van der Waals surface area contributed by atoms with Gasteiger partial charge in [0.15, 0.2) is 0 Å². The van der Waals surface area contributed by atoms with Crippen LogP contribution in [0.1, 0.15) is 67.2 Å². The van der Waals surface area contributed by atoms with Crippen molar-refractivity contribution in [3.05, 3.63) is 0 Å². The van der Waals surface area contributed by atoms with Crippen molar-refractivity contribution in [2.45, 2.75) is 78.4 Å². The van der Waals surface area contributed by atoms with E-state index in [0.29, 0.717) is 39.1 Å². The highest BCUT2D eigenvalue weighted by Crippen LogP contribution is 2.13. The molecule has 0 aliphatic heterocycles. The zero-order valence-electron chi connectivity index (χ0n) is 19.7. The van der Waals surface area contributed by atoms with E-state index >= 15 is 0 Å². The smallest absolute Gasteiger partial charge is 0.410 e. The SMILES string of the molecule is CNCCCN(CCCN(CCCCN)C(=O)OC(C)(C)C)C(=O)OC(C)(C)C. The molecule has 0 atom stereocenters. The molecule has 0 aliphatic rings. The maximum absolute atomic E-state index is 12.5. The molecule has 0 aromatic rings. The van der Waals surface area contributed by atoms with Gasteiger partial charge in [-0.25, -0.2) is 9.59 Å². The molecule has 2 amide bonds. The number of carbonyl (C=O) groups is 2. The number of ether oxygens (including phenoxy) is 2. The van der Waals surface area contributed by atoms with Crippen LogP contribution in [0.2, 0.25) is 0 Å². The van der Waals surface area contributed by atoms with Crippen molar-refractivity contribution in [2.24, 2.45) is 5.73 Å². The number of hydrogen-bond acceptors (Lipinski definition) is 6. The van der Waals surface area contributed by atoms with Crippen molar-refractivity contribution < 1.29 is 19.1 Å². The molecule has 0 unspecified atom stereocenters. The van der Waals surface area contributed by atoms with Crippen LogP contribution in [-0.4, -0.2) is 79.5 Å². The summed E-state index contributed by atoms with van der Waals surface area (Å²) in [6.45, 7) is 14.8. The molecule has 0 aromatic heterocycles. The lowest BCUT2D eigenvalue weighted by molar-refractivity contribution is 0.0202. The van der Waals surface area contributed by atoms with Gasteiger partial charge in [-0.05, 0) is 87.4 Å². The van der Waals surface area contributed by atoms with Crippen molar-refractivity contribution in [2.75, 3.05) is 46.3 Å². The Balaban J connectivity index is 4.86. The quantitative estimate of drug-likeness (QED) is 0.474. The molecule has 0 bridgehead atoms. The normalized spacial score (nSPS) is 11.9. The molecule has 0 spiro atoms. The van der Waals surface area contributed by atoms with Crippen molar-refractivity contribution in [3.63, 3.8) is 0 Å². The number of carbonyl (C=O) groups excluding carboxylic acids is 2. The first-order chi connectivity index (χ1) is 13.4. The molecule has 172 valence electrons. The predicted octanol–water partition coefficient (Wildman–Crippen LogP) is 3.20. The van der Waals surface area contributed by atoms with Crippen molar-refractivity contribution in [1.29, 1.82) is 0 Å². The molecular formula is C21H44N4O4. The number of nitrogens with two attached hydrogens (primary N) is 1. The number of amides is 2. The summed E-state index contributed by atoms with van der Waals surface area (Å²) in [5.41, 5.74) is 4.49. The Hall–Kier alpha value is -1.54. The first-order valence-electron chi connectivity index (χ1n) is 10.7. The predicted molar refractivity (Wildman–Crippen MR) is 117 cm³/mol. The van der Waals surface area contributed by atoms with E-state index in [0.717, 1.165) is 25.8 Å². The fourth-order valence-corrected chi connectivity index (χ4v) is 2.59. The van der Waals surface area contributed by atoms with Crippen LogP contribution in [0.5, 0.6) is 0 Å². The van der Waals surface area contributed by atoms with Crippen molar-refractivity contribution in [3.8, 4) is 0 Å². The Bertz CT molecular complexity index is 430. The molecule has 0 aromatic carbocycles. The molecule has 8 heteroatoms. The molecule has 0 saturated heterocycles. The monoisotopic (exact) mass is 416 g/mol. The van der Waals surface area contributed by atoms with Gasteiger partial charge in [0, 0.05) is 26.2 Å². The number of nitrogens with zero attached hydrogens (tertiary/aromatic N) is 2. The minimum Gasteiger partial charge on any atom is -0.444 e. The van der Waals surface area contributed by atoms with Crippen LogP contribution in [0.15, 0.2) is 0 Å². The second-order valence-electron chi connectivity index (χ2n) is 9.24. The Morgan fingerprint density at radius 1 is 0.759 bits per heavy atom. The maximum Gasteiger partial charge on any atom is 0.410 e. The van der Waals surface area contributed by atoms with E-state index in [1.807, 2.05) is 48.6 Å². The second-order valence-corrected chi connectivity index (χ2v) is 9.24. The summed E-state index contributed by atoms with van der Waals surface area (Å²) >= 11 is 0. The topological polar surface area (TPSA) is 97.1 Å². The van der Waals surface area contributed by atoms with Gasteiger partial charge in [0.25, 0.3) is 0 Å². The van der Waals surface area contributed by atoms with Gasteiger partial charge in [-0.1, -0.05) is 0 Å². The zero-order valence-corrected chi connectivity index (χ0v) is 19.7. The van der Waals surface area contributed by atoms with Crippen LogP contribution in [0.4, 0.5) is 9.59 Å². The van der Waals surface area contributed by atoms with Gasteiger partial charge in [-0.3, -0.25) is 0 Å². The number of nitrogens with one attached hydrogen (secondary N) is 1. The summed E-state index contributed by atoms with van der Waals surface area (Å²) in [7, 11) is 1.89. The number of rotatable bonds is 12. The third-order valence-corrected chi connectivity index (χ3v) is 3.90. The molecule has 3 N–H and O–H groups in total. The summed E-state index contributed by atoms with van der Waals surface area (Å²) in [5.74, 6) is 0. The molecule has 29 heavy (non-hydrogen) atoms. The number of hydrogen-bond donors (Lipinski definition) is 2. The first-order valence-corrected chi connectivity index (χ1v) is 10.7. The zero-order chi connectivity index (χ0) is 22.5. The molecule has 0 aliphatic carbocycles. The van der Waals surface area contributed by atoms with E-state index < -0.39 is 11.2 Å². The van der Waals surface area contributed by atoms with E-state index in [2.05, 4.69) is 5.32 Å². The van der Waals surface area contributed by atoms with Crippen LogP contribution in [0, 0.1) is 0 Å². The number of unbranched alkanes of at least 4 members (excludes halogenated alkanes) is 1. The van der Waals surface area contributed by atoms with Gasteiger partial charge in [-0.15, -0.1) is 0 Å². The van der Waals surface area contributed by atoms with E-state index in [4.69, 9.17) is 15.2 Å². The van der Waals surface area contributed by atoms with Crippen LogP contribution in [-0.2, 0) is 9.47 Å². The van der Waals surface area contributed by atoms with Gasteiger partial charge in [0.2, 0.25) is 0 Å². The van der Waals surface area contributed by atoms with Crippen LogP contribution >= 0.6 is 0 Å². The summed E-state index contributed by atoms with van der Waals surface area (Å²) in [5, 5.41) is 3.09. The lowest BCUT2D eigenvalue weighted by Crippen LogP contribution is -2.41. The Morgan fingerprint density at radius 3 is 1.55 bits per heavy atom. The largest absolute Gasteiger partial charge is 0.444 e. The minimum atomic E-state index is -0.543. The van der Waals surface area contributed by atoms with Crippen LogP contribution in [0.3, 0.4) is 0 Å². The van der Waals surface area contributed by atoms with Crippen molar-refractivity contribution >= 4 is 12.2 Å². The highest BCUT2D eigenvalue weighted by molar-refractivity contribution is 5.68. The highest BCUT2D eigenvalue weighted by Gasteiger charge is 2.24. The summed E-state index contributed by atoms with van der Waals surface area (Å²) in [4.78, 5) is 28.5. The Labute approximate surface area is 177 Å². The van der Waals surface area contributed by atoms with Gasteiger partial charge in [0.05, 0.1) is 0 Å². The van der Waals surface area contributed by atoms with Gasteiger partial charge < -0.3 is 30.3 Å². The Morgan fingerprint density at radius 2 is 1.17 bits per heavy atom. The second kappa shape index (κ2) is 13.6. The molecule has 0 saturated carbocycles. The first kappa shape index (κ1) is 27.5.